The first-order valence-corrected chi connectivity index (χ1v) is 5.50. The van der Waals surface area contributed by atoms with Crippen molar-refractivity contribution in [3.05, 3.63) is 12.2 Å². The minimum absolute atomic E-state index is 0.278. The number of aromatic nitrogens is 3. The van der Waals surface area contributed by atoms with Gasteiger partial charge in [-0.1, -0.05) is 20.8 Å². The molecule has 1 unspecified atom stereocenters. The Morgan fingerprint density at radius 2 is 2.27 bits per heavy atom. The Kier molecular flexibility index (Phi) is 4.71. The van der Waals surface area contributed by atoms with Gasteiger partial charge in [-0.15, -0.1) is 0 Å². The zero-order valence-electron chi connectivity index (χ0n) is 9.77. The van der Waals surface area contributed by atoms with Crippen LogP contribution >= 0.6 is 0 Å². The molecule has 0 aliphatic rings. The fourth-order valence-corrected chi connectivity index (χ4v) is 1.49. The molecule has 0 saturated carbocycles. The molecular formula is C10H21N5. The molecule has 1 rings (SSSR count). The molecule has 0 aliphatic heterocycles. The largest absolute Gasteiger partial charge is 0.271 e. The number of nitrogens with one attached hydrogen (secondary N) is 1. The minimum atomic E-state index is 0.278. The molecule has 0 fully saturated rings. The Morgan fingerprint density at radius 1 is 1.53 bits per heavy atom. The van der Waals surface area contributed by atoms with E-state index in [0.29, 0.717) is 5.92 Å². The fourth-order valence-electron chi connectivity index (χ4n) is 1.49. The molecule has 15 heavy (non-hydrogen) atoms. The summed E-state index contributed by atoms with van der Waals surface area (Å²) >= 11 is 0. The van der Waals surface area contributed by atoms with Crippen LogP contribution in [-0.4, -0.2) is 20.8 Å². The van der Waals surface area contributed by atoms with Crippen molar-refractivity contribution in [2.75, 3.05) is 0 Å². The van der Waals surface area contributed by atoms with Crippen LogP contribution in [-0.2, 0) is 13.0 Å². The highest BCUT2D eigenvalue weighted by molar-refractivity contribution is 4.89. The van der Waals surface area contributed by atoms with Gasteiger partial charge in [0.05, 0.1) is 0 Å². The van der Waals surface area contributed by atoms with E-state index in [4.69, 9.17) is 5.84 Å². The van der Waals surface area contributed by atoms with Gasteiger partial charge >= 0.3 is 0 Å². The van der Waals surface area contributed by atoms with Crippen molar-refractivity contribution in [2.45, 2.75) is 46.2 Å². The van der Waals surface area contributed by atoms with Crippen molar-refractivity contribution < 1.29 is 0 Å². The molecule has 5 nitrogen and oxygen atoms in total. The van der Waals surface area contributed by atoms with Crippen LogP contribution in [0.25, 0.3) is 0 Å². The summed E-state index contributed by atoms with van der Waals surface area (Å²) < 4.78 is 1.96. The van der Waals surface area contributed by atoms with Gasteiger partial charge in [0, 0.05) is 19.0 Å². The molecule has 3 N–H and O–H groups in total. The Hall–Kier alpha value is -0.940. The quantitative estimate of drug-likeness (QED) is 0.537. The summed E-state index contributed by atoms with van der Waals surface area (Å²) in [4.78, 5) is 4.26. The van der Waals surface area contributed by atoms with Crippen LogP contribution in [0.2, 0.25) is 0 Å². The summed E-state index contributed by atoms with van der Waals surface area (Å²) in [5, 5.41) is 4.21. The van der Waals surface area contributed by atoms with E-state index in [1.165, 1.54) is 0 Å². The van der Waals surface area contributed by atoms with Crippen molar-refractivity contribution in [2.24, 2.45) is 11.8 Å². The predicted molar refractivity (Wildman–Crippen MR) is 60.0 cm³/mol. The normalized spacial score (nSPS) is 13.4. The highest BCUT2D eigenvalue weighted by atomic mass is 15.3. The van der Waals surface area contributed by atoms with Crippen LogP contribution in [0.5, 0.6) is 0 Å². The van der Waals surface area contributed by atoms with Crippen molar-refractivity contribution in [3.8, 4) is 0 Å². The second-order valence-electron chi connectivity index (χ2n) is 4.23. The van der Waals surface area contributed by atoms with Gasteiger partial charge in [0.2, 0.25) is 0 Å². The summed E-state index contributed by atoms with van der Waals surface area (Å²) in [6, 6.07) is 0.278. The third-order valence-corrected chi connectivity index (χ3v) is 2.39. The van der Waals surface area contributed by atoms with Crippen LogP contribution < -0.4 is 11.3 Å². The van der Waals surface area contributed by atoms with Crippen LogP contribution in [0.3, 0.4) is 0 Å². The van der Waals surface area contributed by atoms with Crippen LogP contribution in [0.4, 0.5) is 0 Å². The van der Waals surface area contributed by atoms with E-state index in [0.717, 1.165) is 25.2 Å². The fraction of sp³-hybridized carbons (Fsp3) is 0.800. The molecule has 0 bridgehead atoms. The second-order valence-corrected chi connectivity index (χ2v) is 4.23. The van der Waals surface area contributed by atoms with E-state index in [9.17, 15) is 0 Å². The van der Waals surface area contributed by atoms with Crippen molar-refractivity contribution in [3.63, 3.8) is 0 Å². The summed E-state index contributed by atoms with van der Waals surface area (Å²) in [7, 11) is 0. The zero-order chi connectivity index (χ0) is 11.3. The van der Waals surface area contributed by atoms with Crippen molar-refractivity contribution in [1.82, 2.24) is 20.2 Å². The highest BCUT2D eigenvalue weighted by Gasteiger charge is 2.11. The molecule has 0 aromatic carbocycles. The number of hydrogen-bond acceptors (Lipinski definition) is 4. The minimum Gasteiger partial charge on any atom is -0.271 e. The van der Waals surface area contributed by atoms with E-state index in [1.54, 1.807) is 6.33 Å². The maximum absolute atomic E-state index is 5.44. The van der Waals surface area contributed by atoms with Crippen molar-refractivity contribution in [1.29, 1.82) is 0 Å². The van der Waals surface area contributed by atoms with E-state index >= 15 is 0 Å². The first-order valence-electron chi connectivity index (χ1n) is 5.50. The lowest BCUT2D eigenvalue weighted by atomic mass is 10.1. The van der Waals surface area contributed by atoms with E-state index in [-0.39, 0.29) is 6.04 Å². The molecule has 1 aromatic rings. The summed E-state index contributed by atoms with van der Waals surface area (Å²) in [6.07, 6.45) is 3.44. The van der Waals surface area contributed by atoms with Crippen LogP contribution in [0.15, 0.2) is 6.33 Å². The predicted octanol–water partition coefficient (Wildman–Crippen LogP) is 0.719. The van der Waals surface area contributed by atoms with E-state index < -0.39 is 0 Å². The first kappa shape index (κ1) is 12.1. The monoisotopic (exact) mass is 211 g/mol. The topological polar surface area (TPSA) is 68.8 Å². The zero-order valence-corrected chi connectivity index (χ0v) is 9.77. The third kappa shape index (κ3) is 3.60. The SMILES string of the molecule is CCC(Cc1ncnn1CC(C)C)NN. The second kappa shape index (κ2) is 5.82. The molecule has 0 aliphatic carbocycles. The third-order valence-electron chi connectivity index (χ3n) is 2.39. The summed E-state index contributed by atoms with van der Waals surface area (Å²) in [5.74, 6) is 7.03. The molecule has 0 radical (unpaired) electrons. The Balaban J connectivity index is 2.63. The van der Waals surface area contributed by atoms with Gasteiger partial charge in [-0.05, 0) is 12.3 Å². The van der Waals surface area contributed by atoms with Gasteiger partial charge in [-0.2, -0.15) is 5.10 Å². The van der Waals surface area contributed by atoms with Gasteiger partial charge < -0.3 is 0 Å². The molecule has 1 heterocycles. The maximum Gasteiger partial charge on any atom is 0.138 e. The lowest BCUT2D eigenvalue weighted by Gasteiger charge is -2.14. The molecule has 0 amide bonds. The van der Waals surface area contributed by atoms with Gasteiger partial charge in [-0.25, -0.2) is 9.67 Å². The number of hydrogen-bond donors (Lipinski definition) is 2. The Morgan fingerprint density at radius 3 is 2.80 bits per heavy atom. The molecule has 1 atom stereocenters. The number of nitrogens with zero attached hydrogens (tertiary/aromatic N) is 3. The maximum atomic E-state index is 5.44. The molecule has 1 aromatic heterocycles. The number of rotatable bonds is 6. The Bertz CT molecular complexity index is 277. The number of hydrazine groups is 1. The van der Waals surface area contributed by atoms with Crippen molar-refractivity contribution >= 4 is 0 Å². The average Bonchev–Trinajstić information content (AvgIpc) is 2.61. The van der Waals surface area contributed by atoms with E-state index in [1.807, 2.05) is 4.68 Å². The standard InChI is InChI=1S/C10H21N5/c1-4-9(14-11)5-10-12-7-13-15(10)6-8(2)3/h7-9,14H,4-6,11H2,1-3H3. The molecule has 5 heteroatoms. The summed E-state index contributed by atoms with van der Waals surface area (Å²) in [6.45, 7) is 7.36. The van der Waals surface area contributed by atoms with Crippen LogP contribution in [0.1, 0.15) is 33.0 Å². The molecule has 86 valence electrons. The number of nitrogens with two attached hydrogens (primary N) is 1. The molecule has 0 spiro atoms. The van der Waals surface area contributed by atoms with Gasteiger partial charge in [0.15, 0.2) is 0 Å². The molecular weight excluding hydrogens is 190 g/mol. The highest BCUT2D eigenvalue weighted by Crippen LogP contribution is 2.05. The smallest absolute Gasteiger partial charge is 0.138 e. The van der Waals surface area contributed by atoms with Gasteiger partial charge in [0.25, 0.3) is 0 Å². The van der Waals surface area contributed by atoms with Gasteiger partial charge in [0.1, 0.15) is 12.2 Å². The van der Waals surface area contributed by atoms with E-state index in [2.05, 4.69) is 36.3 Å². The first-order chi connectivity index (χ1) is 7.17. The van der Waals surface area contributed by atoms with Gasteiger partial charge in [-0.3, -0.25) is 11.3 Å². The van der Waals surface area contributed by atoms with Crippen LogP contribution in [0, 0.1) is 5.92 Å². The lowest BCUT2D eigenvalue weighted by molar-refractivity contribution is 0.438. The lowest BCUT2D eigenvalue weighted by Crippen LogP contribution is -2.37. The molecule has 0 saturated heterocycles. The Labute approximate surface area is 91.0 Å². The average molecular weight is 211 g/mol. The summed E-state index contributed by atoms with van der Waals surface area (Å²) in [5.41, 5.74) is 2.79.